The molecule has 0 aliphatic rings. The summed E-state index contributed by atoms with van der Waals surface area (Å²) in [7, 11) is 0. The Labute approximate surface area is 132 Å². The molecule has 1 rings (SSSR count). The average Bonchev–Trinajstić information content (AvgIpc) is 2.27. The summed E-state index contributed by atoms with van der Waals surface area (Å²) < 4.78 is -1.67. The van der Waals surface area contributed by atoms with Crippen molar-refractivity contribution < 1.29 is 4.79 Å². The summed E-state index contributed by atoms with van der Waals surface area (Å²) in [5.41, 5.74) is 0.653. The van der Waals surface area contributed by atoms with Crippen molar-refractivity contribution in [1.29, 1.82) is 0 Å². The quantitative estimate of drug-likeness (QED) is 0.615. The Morgan fingerprint density at radius 3 is 2.58 bits per heavy atom. The van der Waals surface area contributed by atoms with Crippen LogP contribution in [-0.4, -0.2) is 15.9 Å². The van der Waals surface area contributed by atoms with Gasteiger partial charge >= 0.3 is 0 Å². The molecule has 0 aromatic heterocycles. The minimum Gasteiger partial charge on any atom is -0.362 e. The summed E-state index contributed by atoms with van der Waals surface area (Å²) in [6.07, 6.45) is 0.249. The van der Waals surface area contributed by atoms with Gasteiger partial charge in [0, 0.05) is 17.1 Å². The standard InChI is InChI=1S/C12H14Cl4N2O/c1-2-4-10(19)18-11(12(14,15)16)17-9-6-3-5-8(13)7-9/h3,5-7,11,17H,2,4H2,1H3,(H,18,19)/t11-/m0/s1. The van der Waals surface area contributed by atoms with Crippen molar-refractivity contribution in [3.05, 3.63) is 29.3 Å². The molecule has 0 unspecified atom stereocenters. The van der Waals surface area contributed by atoms with Gasteiger partial charge in [0.1, 0.15) is 6.17 Å². The number of nitrogens with one attached hydrogen (secondary N) is 2. The van der Waals surface area contributed by atoms with Crippen molar-refractivity contribution in [2.45, 2.75) is 29.7 Å². The highest BCUT2D eigenvalue weighted by Crippen LogP contribution is 2.31. The molecule has 1 aromatic carbocycles. The molecule has 0 saturated carbocycles. The summed E-state index contributed by atoms with van der Waals surface area (Å²) in [5, 5.41) is 6.12. The summed E-state index contributed by atoms with van der Waals surface area (Å²) >= 11 is 23.4. The van der Waals surface area contributed by atoms with Gasteiger partial charge in [-0.25, -0.2) is 0 Å². The van der Waals surface area contributed by atoms with Gasteiger partial charge in [-0.2, -0.15) is 0 Å². The van der Waals surface area contributed by atoms with Crippen LogP contribution in [0.2, 0.25) is 5.02 Å². The molecule has 0 spiro atoms. The van der Waals surface area contributed by atoms with Crippen molar-refractivity contribution in [2.75, 3.05) is 5.32 Å². The van der Waals surface area contributed by atoms with Crippen LogP contribution in [0.4, 0.5) is 5.69 Å². The maximum Gasteiger partial charge on any atom is 0.228 e. The second kappa shape index (κ2) is 7.44. The predicted octanol–water partition coefficient (Wildman–Crippen LogP) is 4.36. The molecule has 19 heavy (non-hydrogen) atoms. The third kappa shape index (κ3) is 6.09. The minimum atomic E-state index is -1.67. The third-order valence-electron chi connectivity index (χ3n) is 2.25. The summed E-state index contributed by atoms with van der Waals surface area (Å²) in [5.74, 6) is -0.187. The number of hydrogen-bond acceptors (Lipinski definition) is 2. The number of carbonyl (C=O) groups is 1. The molecule has 0 heterocycles. The molecule has 0 fully saturated rings. The fraction of sp³-hybridized carbons (Fsp3) is 0.417. The van der Waals surface area contributed by atoms with E-state index in [1.807, 2.05) is 6.92 Å². The van der Waals surface area contributed by atoms with Gasteiger partial charge in [0.15, 0.2) is 0 Å². The van der Waals surface area contributed by atoms with Crippen LogP contribution in [0.1, 0.15) is 19.8 Å². The Kier molecular flexibility index (Phi) is 6.54. The molecule has 0 radical (unpaired) electrons. The van der Waals surface area contributed by atoms with E-state index in [-0.39, 0.29) is 5.91 Å². The highest BCUT2D eigenvalue weighted by atomic mass is 35.6. The molecule has 7 heteroatoms. The Bertz CT molecular complexity index is 434. The highest BCUT2D eigenvalue weighted by molar-refractivity contribution is 6.68. The van der Waals surface area contributed by atoms with E-state index >= 15 is 0 Å². The zero-order valence-corrected chi connectivity index (χ0v) is 13.2. The number of rotatable bonds is 5. The SMILES string of the molecule is CCCC(=O)N[C@H](Nc1cccc(Cl)c1)C(Cl)(Cl)Cl. The van der Waals surface area contributed by atoms with E-state index in [0.717, 1.165) is 6.42 Å². The van der Waals surface area contributed by atoms with Gasteiger partial charge < -0.3 is 10.6 Å². The lowest BCUT2D eigenvalue weighted by Crippen LogP contribution is -2.49. The highest BCUT2D eigenvalue weighted by Gasteiger charge is 2.33. The largest absolute Gasteiger partial charge is 0.362 e. The first-order valence-corrected chi connectivity index (χ1v) is 7.22. The van der Waals surface area contributed by atoms with E-state index in [1.165, 1.54) is 0 Å². The second-order valence-electron chi connectivity index (χ2n) is 3.95. The number of halogens is 4. The van der Waals surface area contributed by atoms with Crippen LogP contribution in [0, 0.1) is 0 Å². The van der Waals surface area contributed by atoms with Gasteiger partial charge in [-0.05, 0) is 24.6 Å². The Hall–Kier alpha value is -0.350. The second-order valence-corrected chi connectivity index (χ2v) is 6.75. The Morgan fingerprint density at radius 1 is 1.37 bits per heavy atom. The monoisotopic (exact) mass is 342 g/mol. The van der Waals surface area contributed by atoms with Gasteiger partial charge in [0.25, 0.3) is 0 Å². The summed E-state index contributed by atoms with van der Waals surface area (Å²) in [4.78, 5) is 11.6. The van der Waals surface area contributed by atoms with Crippen LogP contribution < -0.4 is 10.6 Å². The molecule has 0 saturated heterocycles. The average molecular weight is 344 g/mol. The molecule has 0 aliphatic carbocycles. The number of alkyl halides is 3. The normalized spacial score (nSPS) is 12.9. The van der Waals surface area contributed by atoms with Crippen LogP contribution in [0.5, 0.6) is 0 Å². The molecule has 0 bridgehead atoms. The zero-order valence-electron chi connectivity index (χ0n) is 10.2. The van der Waals surface area contributed by atoms with Crippen LogP contribution >= 0.6 is 46.4 Å². The predicted molar refractivity (Wildman–Crippen MR) is 82.2 cm³/mol. The van der Waals surface area contributed by atoms with Crippen LogP contribution in [0.3, 0.4) is 0 Å². The number of amides is 1. The first-order chi connectivity index (χ1) is 8.82. The molecule has 2 N–H and O–H groups in total. The van der Waals surface area contributed by atoms with E-state index in [2.05, 4.69) is 10.6 Å². The number of anilines is 1. The number of carbonyl (C=O) groups excluding carboxylic acids is 1. The van der Waals surface area contributed by atoms with Gasteiger partial charge in [0.2, 0.25) is 9.70 Å². The Morgan fingerprint density at radius 2 is 2.05 bits per heavy atom. The topological polar surface area (TPSA) is 41.1 Å². The maximum absolute atomic E-state index is 11.6. The molecule has 3 nitrogen and oxygen atoms in total. The molecular formula is C12H14Cl4N2O. The lowest BCUT2D eigenvalue weighted by molar-refractivity contribution is -0.121. The van der Waals surface area contributed by atoms with Gasteiger partial charge in [-0.1, -0.05) is 59.4 Å². The number of hydrogen-bond donors (Lipinski definition) is 2. The van der Waals surface area contributed by atoms with Crippen molar-refractivity contribution in [3.63, 3.8) is 0 Å². The van der Waals surface area contributed by atoms with Crippen LogP contribution in [0.25, 0.3) is 0 Å². The first kappa shape index (κ1) is 16.7. The minimum absolute atomic E-state index is 0.187. The Balaban J connectivity index is 2.78. The third-order valence-corrected chi connectivity index (χ3v) is 3.14. The van der Waals surface area contributed by atoms with Crippen molar-refractivity contribution in [1.82, 2.24) is 5.32 Å². The number of benzene rings is 1. The van der Waals surface area contributed by atoms with E-state index in [9.17, 15) is 4.79 Å². The lowest BCUT2D eigenvalue weighted by Gasteiger charge is -2.27. The smallest absolute Gasteiger partial charge is 0.228 e. The molecule has 0 aliphatic heterocycles. The molecular weight excluding hydrogens is 330 g/mol. The van der Waals surface area contributed by atoms with Crippen LogP contribution in [-0.2, 0) is 4.79 Å². The van der Waals surface area contributed by atoms with E-state index < -0.39 is 9.96 Å². The zero-order chi connectivity index (χ0) is 14.5. The summed E-state index contributed by atoms with van der Waals surface area (Å²) in [6, 6.07) is 6.93. The van der Waals surface area contributed by atoms with E-state index in [4.69, 9.17) is 46.4 Å². The maximum atomic E-state index is 11.6. The fourth-order valence-electron chi connectivity index (χ4n) is 1.40. The molecule has 1 amide bonds. The van der Waals surface area contributed by atoms with Crippen molar-refractivity contribution >= 4 is 58.0 Å². The van der Waals surface area contributed by atoms with Crippen LogP contribution in [0.15, 0.2) is 24.3 Å². The van der Waals surface area contributed by atoms with E-state index in [0.29, 0.717) is 17.1 Å². The van der Waals surface area contributed by atoms with E-state index in [1.54, 1.807) is 24.3 Å². The fourth-order valence-corrected chi connectivity index (χ4v) is 1.92. The summed E-state index contributed by atoms with van der Waals surface area (Å²) in [6.45, 7) is 1.90. The molecule has 106 valence electrons. The van der Waals surface area contributed by atoms with Gasteiger partial charge in [0.05, 0.1) is 0 Å². The van der Waals surface area contributed by atoms with Crippen molar-refractivity contribution in [2.24, 2.45) is 0 Å². The first-order valence-electron chi connectivity index (χ1n) is 5.71. The lowest BCUT2D eigenvalue weighted by atomic mass is 10.3. The van der Waals surface area contributed by atoms with Crippen molar-refractivity contribution in [3.8, 4) is 0 Å². The van der Waals surface area contributed by atoms with Gasteiger partial charge in [-0.3, -0.25) is 4.79 Å². The van der Waals surface area contributed by atoms with Gasteiger partial charge in [-0.15, -0.1) is 0 Å². The molecule has 1 atom stereocenters. The molecule has 1 aromatic rings.